The van der Waals surface area contributed by atoms with Gasteiger partial charge in [-0.15, -0.1) is 0 Å². The minimum atomic E-state index is 0.490. The van der Waals surface area contributed by atoms with Crippen molar-refractivity contribution >= 4 is 22.6 Å². The highest BCUT2D eigenvalue weighted by Gasteiger charge is 2.30. The van der Waals surface area contributed by atoms with E-state index in [1.807, 2.05) is 0 Å². The van der Waals surface area contributed by atoms with Crippen LogP contribution in [0.3, 0.4) is 0 Å². The standard InChI is InChI=1S/C11H22IN/c1-9(12)13-7-5-6-10(8-13)11(2,3)4/h9-10H,5-8H2,1-4H3. The van der Waals surface area contributed by atoms with Gasteiger partial charge in [0.25, 0.3) is 0 Å². The summed E-state index contributed by atoms with van der Waals surface area (Å²) in [6.07, 6.45) is 2.80. The highest BCUT2D eigenvalue weighted by molar-refractivity contribution is 14.1. The van der Waals surface area contributed by atoms with E-state index in [1.165, 1.54) is 25.9 Å². The van der Waals surface area contributed by atoms with Crippen molar-refractivity contribution in [3.05, 3.63) is 0 Å². The first kappa shape index (κ1) is 11.8. The van der Waals surface area contributed by atoms with Gasteiger partial charge in [-0.05, 0) is 37.6 Å². The van der Waals surface area contributed by atoms with Gasteiger partial charge in [0.1, 0.15) is 0 Å². The van der Waals surface area contributed by atoms with Gasteiger partial charge in [0.2, 0.25) is 0 Å². The van der Waals surface area contributed by atoms with Crippen LogP contribution in [-0.2, 0) is 0 Å². The Kier molecular flexibility index (Phi) is 4.05. The number of piperidine rings is 1. The van der Waals surface area contributed by atoms with E-state index in [4.69, 9.17) is 0 Å². The topological polar surface area (TPSA) is 3.24 Å². The Morgan fingerprint density at radius 2 is 2.00 bits per heavy atom. The molecule has 1 fully saturated rings. The van der Waals surface area contributed by atoms with E-state index in [9.17, 15) is 0 Å². The van der Waals surface area contributed by atoms with Crippen LogP contribution in [0.15, 0.2) is 0 Å². The van der Waals surface area contributed by atoms with Gasteiger partial charge in [0.05, 0.1) is 4.05 Å². The molecule has 1 nitrogen and oxygen atoms in total. The molecule has 78 valence electrons. The Morgan fingerprint density at radius 3 is 2.46 bits per heavy atom. The molecule has 13 heavy (non-hydrogen) atoms. The number of halogens is 1. The van der Waals surface area contributed by atoms with E-state index in [0.717, 1.165) is 5.92 Å². The zero-order valence-electron chi connectivity index (χ0n) is 9.31. The SMILES string of the molecule is CC(I)N1CCCC(C(C)(C)C)C1. The molecule has 1 rings (SSSR count). The van der Waals surface area contributed by atoms with Crippen LogP contribution in [0.5, 0.6) is 0 Å². The molecule has 1 heterocycles. The first-order valence-electron chi connectivity index (χ1n) is 5.29. The number of likely N-dealkylation sites (tertiary alicyclic amines) is 1. The molecule has 0 bridgehead atoms. The predicted molar refractivity (Wildman–Crippen MR) is 67.2 cm³/mol. The Balaban J connectivity index is 2.52. The lowest BCUT2D eigenvalue weighted by atomic mass is 9.76. The summed E-state index contributed by atoms with van der Waals surface area (Å²) in [5, 5.41) is 0. The summed E-state index contributed by atoms with van der Waals surface area (Å²) >= 11 is 2.53. The molecular formula is C11H22IN. The molecule has 0 amide bonds. The number of rotatable bonds is 1. The zero-order chi connectivity index (χ0) is 10.1. The molecule has 0 aromatic carbocycles. The molecule has 0 saturated carbocycles. The van der Waals surface area contributed by atoms with Crippen molar-refractivity contribution in [1.82, 2.24) is 4.90 Å². The first-order chi connectivity index (χ1) is 5.91. The van der Waals surface area contributed by atoms with E-state index < -0.39 is 0 Å². The highest BCUT2D eigenvalue weighted by atomic mass is 127. The molecule has 1 saturated heterocycles. The minimum Gasteiger partial charge on any atom is -0.292 e. The molecule has 0 aromatic heterocycles. The molecule has 2 heteroatoms. The molecule has 0 spiro atoms. The molecule has 0 aromatic rings. The Morgan fingerprint density at radius 1 is 1.38 bits per heavy atom. The zero-order valence-corrected chi connectivity index (χ0v) is 11.5. The first-order valence-corrected chi connectivity index (χ1v) is 6.54. The van der Waals surface area contributed by atoms with Crippen LogP contribution >= 0.6 is 22.6 Å². The van der Waals surface area contributed by atoms with Crippen molar-refractivity contribution in [2.24, 2.45) is 11.3 Å². The molecule has 1 aliphatic heterocycles. The van der Waals surface area contributed by atoms with E-state index in [-0.39, 0.29) is 0 Å². The van der Waals surface area contributed by atoms with Crippen LogP contribution in [-0.4, -0.2) is 22.0 Å². The van der Waals surface area contributed by atoms with E-state index in [2.05, 4.69) is 55.2 Å². The maximum atomic E-state index is 2.61. The second-order valence-electron chi connectivity index (χ2n) is 5.27. The summed E-state index contributed by atoms with van der Waals surface area (Å²) < 4.78 is 0.697. The smallest absolute Gasteiger partial charge is 0.0590 e. The Labute approximate surface area is 96.4 Å². The van der Waals surface area contributed by atoms with E-state index in [1.54, 1.807) is 0 Å². The number of alkyl halides is 1. The van der Waals surface area contributed by atoms with Crippen LogP contribution in [0.4, 0.5) is 0 Å². The number of hydrogen-bond donors (Lipinski definition) is 0. The largest absolute Gasteiger partial charge is 0.292 e. The normalized spacial score (nSPS) is 28.8. The molecule has 0 aliphatic carbocycles. The van der Waals surface area contributed by atoms with Gasteiger partial charge >= 0.3 is 0 Å². The van der Waals surface area contributed by atoms with Gasteiger partial charge in [-0.3, -0.25) is 4.90 Å². The number of nitrogens with zero attached hydrogens (tertiary/aromatic N) is 1. The quantitative estimate of drug-likeness (QED) is 0.406. The minimum absolute atomic E-state index is 0.490. The predicted octanol–water partition coefficient (Wildman–Crippen LogP) is 3.53. The van der Waals surface area contributed by atoms with Crippen molar-refractivity contribution < 1.29 is 0 Å². The molecule has 0 radical (unpaired) electrons. The van der Waals surface area contributed by atoms with Gasteiger partial charge in [-0.1, -0.05) is 43.4 Å². The highest BCUT2D eigenvalue weighted by Crippen LogP contribution is 2.34. The van der Waals surface area contributed by atoms with Crippen molar-refractivity contribution in [3.8, 4) is 0 Å². The third kappa shape index (κ3) is 3.39. The van der Waals surface area contributed by atoms with Crippen LogP contribution in [0.25, 0.3) is 0 Å². The van der Waals surface area contributed by atoms with E-state index >= 15 is 0 Å². The summed E-state index contributed by atoms with van der Waals surface area (Å²) in [6, 6.07) is 0. The van der Waals surface area contributed by atoms with Crippen LogP contribution in [0.2, 0.25) is 0 Å². The maximum Gasteiger partial charge on any atom is 0.0590 e. The third-order valence-corrected chi connectivity index (χ3v) is 3.97. The van der Waals surface area contributed by atoms with Crippen LogP contribution < -0.4 is 0 Å². The second kappa shape index (κ2) is 4.47. The van der Waals surface area contributed by atoms with Gasteiger partial charge < -0.3 is 0 Å². The molecule has 0 N–H and O–H groups in total. The van der Waals surface area contributed by atoms with Crippen molar-refractivity contribution in [2.75, 3.05) is 13.1 Å². The Bertz CT molecular complexity index is 160. The lowest BCUT2D eigenvalue weighted by Crippen LogP contribution is -2.42. The average Bonchev–Trinajstić information content (AvgIpc) is 2.03. The fraction of sp³-hybridized carbons (Fsp3) is 1.00. The summed E-state index contributed by atoms with van der Waals surface area (Å²) in [4.78, 5) is 2.61. The van der Waals surface area contributed by atoms with Crippen LogP contribution in [0.1, 0.15) is 40.5 Å². The number of hydrogen-bond acceptors (Lipinski definition) is 1. The average molecular weight is 295 g/mol. The maximum absolute atomic E-state index is 2.61. The molecule has 2 unspecified atom stereocenters. The van der Waals surface area contributed by atoms with Crippen LogP contribution in [0, 0.1) is 11.3 Å². The summed E-state index contributed by atoms with van der Waals surface area (Å²) in [5.41, 5.74) is 0.490. The van der Waals surface area contributed by atoms with Crippen molar-refractivity contribution in [1.29, 1.82) is 0 Å². The third-order valence-electron chi connectivity index (χ3n) is 3.18. The lowest BCUT2D eigenvalue weighted by molar-refractivity contribution is 0.0990. The lowest BCUT2D eigenvalue weighted by Gasteiger charge is -2.40. The fourth-order valence-electron chi connectivity index (χ4n) is 2.04. The van der Waals surface area contributed by atoms with Gasteiger partial charge in [-0.25, -0.2) is 0 Å². The summed E-state index contributed by atoms with van der Waals surface area (Å²) in [7, 11) is 0. The molecule has 2 atom stereocenters. The monoisotopic (exact) mass is 295 g/mol. The Hall–Kier alpha value is 0.690. The van der Waals surface area contributed by atoms with Gasteiger partial charge in [0, 0.05) is 6.54 Å². The van der Waals surface area contributed by atoms with Crippen molar-refractivity contribution in [2.45, 2.75) is 44.6 Å². The second-order valence-corrected chi connectivity index (χ2v) is 7.08. The van der Waals surface area contributed by atoms with Crippen molar-refractivity contribution in [3.63, 3.8) is 0 Å². The summed E-state index contributed by atoms with van der Waals surface area (Å²) in [6.45, 7) is 12.0. The fourth-order valence-corrected chi connectivity index (χ4v) is 2.54. The molecular weight excluding hydrogens is 273 g/mol. The van der Waals surface area contributed by atoms with E-state index in [0.29, 0.717) is 9.46 Å². The molecule has 1 aliphatic rings. The summed E-state index contributed by atoms with van der Waals surface area (Å²) in [5.74, 6) is 0.887. The van der Waals surface area contributed by atoms with Gasteiger partial charge in [0.15, 0.2) is 0 Å². The van der Waals surface area contributed by atoms with Gasteiger partial charge in [-0.2, -0.15) is 0 Å².